The summed E-state index contributed by atoms with van der Waals surface area (Å²) in [5, 5.41) is 0. The van der Waals surface area contributed by atoms with Crippen molar-refractivity contribution in [3.05, 3.63) is 0 Å². The van der Waals surface area contributed by atoms with Gasteiger partial charge in [-0.15, -0.1) is 0 Å². The molecule has 0 unspecified atom stereocenters. The van der Waals surface area contributed by atoms with Gasteiger partial charge in [0.15, 0.2) is 0 Å². The summed E-state index contributed by atoms with van der Waals surface area (Å²) in [6.45, 7) is 4.79. The molecule has 0 heteroatoms. The van der Waals surface area contributed by atoms with E-state index in [1.165, 1.54) is 89.9 Å². The largest absolute Gasteiger partial charge is 0.0628 e. The van der Waals surface area contributed by atoms with Crippen LogP contribution in [0.5, 0.6) is 0 Å². The Labute approximate surface area is 116 Å². The van der Waals surface area contributed by atoms with Gasteiger partial charge in [-0.2, -0.15) is 0 Å². The van der Waals surface area contributed by atoms with Crippen molar-refractivity contribution in [2.75, 3.05) is 0 Å². The first-order chi connectivity index (χ1) is 8.79. The minimum Gasteiger partial charge on any atom is -0.0628 e. The Kier molecular flexibility index (Phi) is 9.70. The van der Waals surface area contributed by atoms with E-state index in [1.54, 1.807) is 0 Å². The van der Waals surface area contributed by atoms with E-state index in [0.717, 1.165) is 11.8 Å². The predicted octanol–water partition coefficient (Wildman–Crippen LogP) is 6.73. The summed E-state index contributed by atoms with van der Waals surface area (Å²) >= 11 is 0. The van der Waals surface area contributed by atoms with Crippen molar-refractivity contribution < 1.29 is 0 Å². The third kappa shape index (κ3) is 9.00. The molecule has 1 aliphatic carbocycles. The molecule has 1 fully saturated rings. The van der Waals surface area contributed by atoms with Crippen molar-refractivity contribution in [1.82, 2.24) is 0 Å². The molecule has 0 aromatic heterocycles. The molecule has 18 heavy (non-hydrogen) atoms. The minimum atomic E-state index is 0.897. The highest BCUT2D eigenvalue weighted by Gasteiger charge is 2.10. The average molecular weight is 252 g/mol. The van der Waals surface area contributed by atoms with Crippen molar-refractivity contribution >= 4 is 0 Å². The normalized spacial score (nSPS) is 22.8. The lowest BCUT2D eigenvalue weighted by Crippen LogP contribution is -2.05. The monoisotopic (exact) mass is 252 g/mol. The molecule has 0 bridgehead atoms. The lowest BCUT2D eigenvalue weighted by Gasteiger charge is -2.19. The first-order valence-electron chi connectivity index (χ1n) is 8.79. The molecule has 0 aromatic rings. The molecule has 0 spiro atoms. The molecule has 0 radical (unpaired) electrons. The van der Waals surface area contributed by atoms with Crippen LogP contribution in [-0.2, 0) is 0 Å². The summed E-state index contributed by atoms with van der Waals surface area (Å²) in [6, 6.07) is 0. The summed E-state index contributed by atoms with van der Waals surface area (Å²) in [5.74, 6) is 1.93. The first kappa shape index (κ1) is 16.1. The van der Waals surface area contributed by atoms with Crippen LogP contribution in [0.2, 0.25) is 0 Å². The van der Waals surface area contributed by atoms with Gasteiger partial charge in [0.25, 0.3) is 0 Å². The first-order valence-corrected chi connectivity index (χ1v) is 8.79. The molecule has 1 aliphatic rings. The Bertz CT molecular complexity index is 157. The van der Waals surface area contributed by atoms with Crippen LogP contribution in [0.15, 0.2) is 0 Å². The van der Waals surface area contributed by atoms with Crippen LogP contribution in [0.1, 0.15) is 104 Å². The molecule has 0 amide bonds. The summed E-state index contributed by atoms with van der Waals surface area (Å²) in [6.07, 6.45) is 20.9. The van der Waals surface area contributed by atoms with Crippen molar-refractivity contribution in [2.45, 2.75) is 104 Å². The summed E-state index contributed by atoms with van der Waals surface area (Å²) in [7, 11) is 0. The SMILES string of the molecule is CC(C)CC1CCCCCCCCCCCCC1. The second-order valence-electron chi connectivity index (χ2n) is 6.96. The van der Waals surface area contributed by atoms with Gasteiger partial charge in [0.2, 0.25) is 0 Å². The molecule has 0 N–H and O–H groups in total. The van der Waals surface area contributed by atoms with E-state index in [4.69, 9.17) is 0 Å². The van der Waals surface area contributed by atoms with Gasteiger partial charge in [-0.3, -0.25) is 0 Å². The van der Waals surface area contributed by atoms with Crippen LogP contribution in [0, 0.1) is 11.8 Å². The van der Waals surface area contributed by atoms with Gasteiger partial charge < -0.3 is 0 Å². The lowest BCUT2D eigenvalue weighted by atomic mass is 9.87. The van der Waals surface area contributed by atoms with Gasteiger partial charge in [0, 0.05) is 0 Å². The molecule has 108 valence electrons. The van der Waals surface area contributed by atoms with Crippen LogP contribution >= 0.6 is 0 Å². The topological polar surface area (TPSA) is 0 Å². The van der Waals surface area contributed by atoms with Crippen LogP contribution in [0.25, 0.3) is 0 Å². The molecule has 0 nitrogen and oxygen atoms in total. The summed E-state index contributed by atoms with van der Waals surface area (Å²) < 4.78 is 0. The maximum absolute atomic E-state index is 2.39. The zero-order valence-corrected chi connectivity index (χ0v) is 13.1. The van der Waals surface area contributed by atoms with E-state index in [-0.39, 0.29) is 0 Å². The second-order valence-corrected chi connectivity index (χ2v) is 6.96. The predicted molar refractivity (Wildman–Crippen MR) is 83.0 cm³/mol. The van der Waals surface area contributed by atoms with E-state index in [1.807, 2.05) is 0 Å². The molecule has 0 atom stereocenters. The number of hydrogen-bond acceptors (Lipinski definition) is 0. The third-order valence-electron chi connectivity index (χ3n) is 4.53. The van der Waals surface area contributed by atoms with Crippen molar-refractivity contribution in [3.63, 3.8) is 0 Å². The van der Waals surface area contributed by atoms with Crippen LogP contribution in [0.3, 0.4) is 0 Å². The van der Waals surface area contributed by atoms with Crippen LogP contribution < -0.4 is 0 Å². The van der Waals surface area contributed by atoms with Gasteiger partial charge in [0.05, 0.1) is 0 Å². The zero-order valence-electron chi connectivity index (χ0n) is 13.1. The highest BCUT2D eigenvalue weighted by atomic mass is 14.2. The van der Waals surface area contributed by atoms with Crippen LogP contribution in [-0.4, -0.2) is 0 Å². The number of rotatable bonds is 2. The van der Waals surface area contributed by atoms with E-state index in [0.29, 0.717) is 0 Å². The lowest BCUT2D eigenvalue weighted by molar-refractivity contribution is 0.337. The Balaban J connectivity index is 2.24. The van der Waals surface area contributed by atoms with E-state index < -0.39 is 0 Å². The van der Waals surface area contributed by atoms with Gasteiger partial charge in [-0.05, 0) is 18.3 Å². The third-order valence-corrected chi connectivity index (χ3v) is 4.53. The molecule has 1 saturated carbocycles. The van der Waals surface area contributed by atoms with Crippen molar-refractivity contribution in [3.8, 4) is 0 Å². The van der Waals surface area contributed by atoms with Gasteiger partial charge in [-0.1, -0.05) is 97.3 Å². The average Bonchev–Trinajstić information content (AvgIpc) is 2.33. The molecule has 0 aliphatic heterocycles. The fraction of sp³-hybridized carbons (Fsp3) is 1.00. The van der Waals surface area contributed by atoms with Crippen molar-refractivity contribution in [2.24, 2.45) is 11.8 Å². The highest BCUT2D eigenvalue weighted by molar-refractivity contribution is 4.63. The van der Waals surface area contributed by atoms with Crippen molar-refractivity contribution in [1.29, 1.82) is 0 Å². The molecular formula is C18H36. The van der Waals surface area contributed by atoms with Crippen LogP contribution in [0.4, 0.5) is 0 Å². The molecule has 0 aromatic carbocycles. The van der Waals surface area contributed by atoms with E-state index in [9.17, 15) is 0 Å². The van der Waals surface area contributed by atoms with E-state index in [2.05, 4.69) is 13.8 Å². The van der Waals surface area contributed by atoms with E-state index >= 15 is 0 Å². The maximum Gasteiger partial charge on any atom is -0.0412 e. The second kappa shape index (κ2) is 10.9. The quantitative estimate of drug-likeness (QED) is 0.511. The summed E-state index contributed by atoms with van der Waals surface area (Å²) in [5.41, 5.74) is 0. The maximum atomic E-state index is 2.39. The fourth-order valence-corrected chi connectivity index (χ4v) is 3.50. The number of hydrogen-bond donors (Lipinski definition) is 0. The Morgan fingerprint density at radius 3 is 1.28 bits per heavy atom. The zero-order chi connectivity index (χ0) is 13.1. The minimum absolute atomic E-state index is 0.897. The Hall–Kier alpha value is 0. The Morgan fingerprint density at radius 2 is 0.944 bits per heavy atom. The smallest absolute Gasteiger partial charge is 0.0412 e. The fourth-order valence-electron chi connectivity index (χ4n) is 3.50. The van der Waals surface area contributed by atoms with Gasteiger partial charge >= 0.3 is 0 Å². The highest BCUT2D eigenvalue weighted by Crippen LogP contribution is 2.25. The molecule has 1 rings (SSSR count). The Morgan fingerprint density at radius 1 is 0.611 bits per heavy atom. The van der Waals surface area contributed by atoms with Gasteiger partial charge in [-0.25, -0.2) is 0 Å². The molecular weight excluding hydrogens is 216 g/mol. The molecule has 0 saturated heterocycles. The summed E-state index contributed by atoms with van der Waals surface area (Å²) in [4.78, 5) is 0. The van der Waals surface area contributed by atoms with Gasteiger partial charge in [0.1, 0.15) is 0 Å². The standard InChI is InChI=1S/C18H36/c1-17(2)16-18-14-12-10-8-6-4-3-5-7-9-11-13-15-18/h17-18H,3-16H2,1-2H3. The molecule has 0 heterocycles.